The standard InChI is InChI=1S/C24H26N4O/c1-18-3-9-23-20(15-18)17-28(24(29)10-4-19(2)16-26-23)22-7-5-21(6-8-22)27-13-11-25-12-14-27/h3-10,15-16,25H,2,11-14,17H2,1H3/b10-4-,26-16?. The van der Waals surface area contributed by atoms with Crippen LogP contribution in [-0.4, -0.2) is 38.3 Å². The van der Waals surface area contributed by atoms with Crippen LogP contribution in [-0.2, 0) is 11.3 Å². The first-order valence-electron chi connectivity index (χ1n) is 9.98. The summed E-state index contributed by atoms with van der Waals surface area (Å²) in [5.74, 6) is -0.0659. The Kier molecular flexibility index (Phi) is 5.58. The van der Waals surface area contributed by atoms with Gasteiger partial charge in [0, 0.05) is 49.8 Å². The largest absolute Gasteiger partial charge is 0.369 e. The van der Waals surface area contributed by atoms with Crippen molar-refractivity contribution < 1.29 is 4.79 Å². The second-order valence-corrected chi connectivity index (χ2v) is 7.48. The summed E-state index contributed by atoms with van der Waals surface area (Å²) in [4.78, 5) is 21.7. The van der Waals surface area contributed by atoms with Crippen LogP contribution in [0.1, 0.15) is 11.1 Å². The smallest absolute Gasteiger partial charge is 0.251 e. The van der Waals surface area contributed by atoms with Gasteiger partial charge in [-0.05, 0) is 54.5 Å². The molecule has 0 saturated carbocycles. The van der Waals surface area contributed by atoms with E-state index >= 15 is 0 Å². The molecule has 2 heterocycles. The van der Waals surface area contributed by atoms with Gasteiger partial charge >= 0.3 is 0 Å². The minimum Gasteiger partial charge on any atom is -0.369 e. The Balaban J connectivity index is 1.67. The highest BCUT2D eigenvalue weighted by molar-refractivity contribution is 6.03. The lowest BCUT2D eigenvalue weighted by Gasteiger charge is -2.30. The molecule has 0 atom stereocenters. The van der Waals surface area contributed by atoms with Gasteiger partial charge in [-0.3, -0.25) is 9.79 Å². The molecule has 1 fully saturated rings. The Morgan fingerprint density at radius 1 is 1.00 bits per heavy atom. The van der Waals surface area contributed by atoms with Crippen molar-refractivity contribution in [2.24, 2.45) is 4.99 Å². The number of aliphatic imine (C=N–C) groups is 1. The van der Waals surface area contributed by atoms with E-state index in [1.165, 1.54) is 5.69 Å². The summed E-state index contributed by atoms with van der Waals surface area (Å²) < 4.78 is 0. The predicted molar refractivity (Wildman–Crippen MR) is 120 cm³/mol. The van der Waals surface area contributed by atoms with Gasteiger partial charge in [0.2, 0.25) is 0 Å². The van der Waals surface area contributed by atoms with Crippen LogP contribution < -0.4 is 15.1 Å². The molecule has 5 nitrogen and oxygen atoms in total. The van der Waals surface area contributed by atoms with Crippen LogP contribution in [0.5, 0.6) is 0 Å². The number of aryl methyl sites for hydroxylation is 1. The maximum Gasteiger partial charge on any atom is 0.251 e. The zero-order valence-corrected chi connectivity index (χ0v) is 16.8. The number of hydrogen-bond donors (Lipinski definition) is 1. The van der Waals surface area contributed by atoms with Crippen LogP contribution >= 0.6 is 0 Å². The number of fused-ring (bicyclic) bond motifs is 1. The van der Waals surface area contributed by atoms with E-state index in [0.717, 1.165) is 48.7 Å². The number of amides is 1. The van der Waals surface area contributed by atoms with E-state index in [0.29, 0.717) is 12.1 Å². The molecule has 0 spiro atoms. The first kappa shape index (κ1) is 19.2. The Hall–Kier alpha value is -3.18. The molecule has 4 rings (SSSR count). The lowest BCUT2D eigenvalue weighted by Crippen LogP contribution is -2.43. The third kappa shape index (κ3) is 4.46. The van der Waals surface area contributed by atoms with Crippen molar-refractivity contribution in [2.75, 3.05) is 36.0 Å². The van der Waals surface area contributed by atoms with Crippen LogP contribution in [0, 0.1) is 6.92 Å². The average molecular weight is 386 g/mol. The molecule has 29 heavy (non-hydrogen) atoms. The Labute approximate surface area is 172 Å². The Morgan fingerprint density at radius 2 is 1.72 bits per heavy atom. The van der Waals surface area contributed by atoms with Gasteiger partial charge in [0.25, 0.3) is 5.91 Å². The number of carbonyl (C=O) groups excluding carboxylic acids is 1. The maximum absolute atomic E-state index is 13.0. The summed E-state index contributed by atoms with van der Waals surface area (Å²) in [7, 11) is 0. The topological polar surface area (TPSA) is 47.9 Å². The van der Waals surface area contributed by atoms with E-state index in [-0.39, 0.29) is 5.91 Å². The van der Waals surface area contributed by atoms with Crippen molar-refractivity contribution in [2.45, 2.75) is 13.5 Å². The van der Waals surface area contributed by atoms with E-state index in [1.807, 2.05) is 24.3 Å². The molecular weight excluding hydrogens is 360 g/mol. The molecule has 1 amide bonds. The number of nitrogens with one attached hydrogen (secondary N) is 1. The number of hydrogen-bond acceptors (Lipinski definition) is 4. The quantitative estimate of drug-likeness (QED) is 0.855. The summed E-state index contributed by atoms with van der Waals surface area (Å²) in [5.41, 5.74) is 5.79. The first-order valence-corrected chi connectivity index (χ1v) is 9.98. The molecule has 0 radical (unpaired) electrons. The third-order valence-corrected chi connectivity index (χ3v) is 5.28. The summed E-state index contributed by atoms with van der Waals surface area (Å²) in [5, 5.41) is 3.37. The molecule has 2 aromatic carbocycles. The van der Waals surface area contributed by atoms with Crippen LogP contribution in [0.25, 0.3) is 0 Å². The van der Waals surface area contributed by atoms with E-state index in [1.54, 1.807) is 23.3 Å². The molecule has 2 aliphatic heterocycles. The van der Waals surface area contributed by atoms with Crippen molar-refractivity contribution in [1.29, 1.82) is 0 Å². The van der Waals surface area contributed by atoms with Gasteiger partial charge in [-0.15, -0.1) is 0 Å². The summed E-state index contributed by atoms with van der Waals surface area (Å²) in [6.07, 6.45) is 4.99. The van der Waals surface area contributed by atoms with E-state index in [2.05, 4.69) is 46.9 Å². The zero-order chi connectivity index (χ0) is 20.2. The second-order valence-electron chi connectivity index (χ2n) is 7.48. The second kappa shape index (κ2) is 8.45. The number of carbonyl (C=O) groups is 1. The molecule has 1 N–H and O–H groups in total. The molecule has 5 heteroatoms. The fourth-order valence-corrected chi connectivity index (χ4v) is 3.66. The van der Waals surface area contributed by atoms with Crippen molar-refractivity contribution in [3.05, 3.63) is 77.9 Å². The molecule has 0 aliphatic carbocycles. The third-order valence-electron chi connectivity index (χ3n) is 5.28. The minimum atomic E-state index is -0.0659. The molecule has 0 bridgehead atoms. The Morgan fingerprint density at radius 3 is 2.48 bits per heavy atom. The normalized spacial score (nSPS) is 18.5. The van der Waals surface area contributed by atoms with Gasteiger partial charge in [-0.2, -0.15) is 0 Å². The highest BCUT2D eigenvalue weighted by atomic mass is 16.2. The number of rotatable bonds is 2. The number of piperazine rings is 1. The van der Waals surface area contributed by atoms with E-state index < -0.39 is 0 Å². The van der Waals surface area contributed by atoms with Crippen LogP contribution in [0.3, 0.4) is 0 Å². The fourth-order valence-electron chi connectivity index (χ4n) is 3.66. The molecule has 148 valence electrons. The van der Waals surface area contributed by atoms with Crippen LogP contribution in [0.2, 0.25) is 0 Å². The van der Waals surface area contributed by atoms with Gasteiger partial charge in [-0.25, -0.2) is 0 Å². The molecule has 1 saturated heterocycles. The van der Waals surface area contributed by atoms with Gasteiger partial charge in [-0.1, -0.05) is 24.3 Å². The Bertz CT molecular complexity index is 969. The zero-order valence-electron chi connectivity index (χ0n) is 16.8. The lowest BCUT2D eigenvalue weighted by atomic mass is 10.1. The average Bonchev–Trinajstić information content (AvgIpc) is 2.75. The molecule has 0 unspecified atom stereocenters. The number of nitrogens with zero attached hydrogens (tertiary/aromatic N) is 3. The van der Waals surface area contributed by atoms with Crippen molar-refractivity contribution in [3.63, 3.8) is 0 Å². The van der Waals surface area contributed by atoms with Gasteiger partial charge in [0.05, 0.1) is 12.2 Å². The molecular formula is C24H26N4O. The molecule has 0 aromatic heterocycles. The maximum atomic E-state index is 13.0. The van der Waals surface area contributed by atoms with E-state index in [9.17, 15) is 4.79 Å². The number of allylic oxidation sites excluding steroid dienone is 2. The van der Waals surface area contributed by atoms with E-state index in [4.69, 9.17) is 0 Å². The first-order chi connectivity index (χ1) is 14.1. The van der Waals surface area contributed by atoms with Gasteiger partial charge in [0.15, 0.2) is 0 Å². The number of anilines is 2. The fraction of sp³-hybridized carbons (Fsp3) is 0.250. The minimum absolute atomic E-state index is 0.0659. The lowest BCUT2D eigenvalue weighted by molar-refractivity contribution is -0.114. The van der Waals surface area contributed by atoms with Crippen molar-refractivity contribution in [1.82, 2.24) is 5.32 Å². The number of benzene rings is 2. The van der Waals surface area contributed by atoms with Crippen LogP contribution in [0.4, 0.5) is 17.1 Å². The van der Waals surface area contributed by atoms with Crippen LogP contribution in [0.15, 0.2) is 71.8 Å². The summed E-state index contributed by atoms with van der Waals surface area (Å²) in [6.45, 7) is 10.5. The SMILES string of the molecule is C=C1C=Nc2ccc(C)cc2CN(c2ccc(N3CCNCC3)cc2)C(=O)/C=C\1. The predicted octanol–water partition coefficient (Wildman–Crippen LogP) is 3.77. The summed E-state index contributed by atoms with van der Waals surface area (Å²) >= 11 is 0. The van der Waals surface area contributed by atoms with Gasteiger partial charge < -0.3 is 15.1 Å². The van der Waals surface area contributed by atoms with Gasteiger partial charge in [0.1, 0.15) is 0 Å². The highest BCUT2D eigenvalue weighted by Crippen LogP contribution is 2.28. The molecule has 2 aliphatic rings. The van der Waals surface area contributed by atoms with Crippen molar-refractivity contribution >= 4 is 29.2 Å². The van der Waals surface area contributed by atoms with Crippen molar-refractivity contribution in [3.8, 4) is 0 Å². The summed E-state index contributed by atoms with van der Waals surface area (Å²) in [6, 6.07) is 14.4. The monoisotopic (exact) mass is 386 g/mol. The highest BCUT2D eigenvalue weighted by Gasteiger charge is 2.18. The molecule has 2 aromatic rings.